The summed E-state index contributed by atoms with van der Waals surface area (Å²) in [7, 11) is 1.92. The Kier molecular flexibility index (Phi) is 3.81. The minimum absolute atomic E-state index is 0.318. The van der Waals surface area contributed by atoms with Crippen LogP contribution >= 0.6 is 11.3 Å². The smallest absolute Gasteiger partial charge is 0.106 e. The van der Waals surface area contributed by atoms with Crippen molar-refractivity contribution in [2.24, 2.45) is 7.05 Å². The molecule has 3 rings (SSSR count). The van der Waals surface area contributed by atoms with Crippen molar-refractivity contribution >= 4 is 11.3 Å². The molecule has 5 nitrogen and oxygen atoms in total. The Morgan fingerprint density at radius 2 is 2.43 bits per heavy atom. The number of hydrogen-bond donors (Lipinski definition) is 0. The number of hydrogen-bond acceptors (Lipinski definition) is 5. The molecule has 0 radical (unpaired) electrons. The largest absolute Gasteiger partial charge is 0.368 e. The average Bonchev–Trinajstić information content (AvgIpc) is 3.08. The van der Waals surface area contributed by atoms with Gasteiger partial charge in [-0.1, -0.05) is 0 Å². The summed E-state index contributed by atoms with van der Waals surface area (Å²) in [5.41, 5.74) is 1.54. The van der Waals surface area contributed by atoms with Gasteiger partial charge >= 0.3 is 0 Å². The van der Waals surface area contributed by atoms with Crippen LogP contribution in [-0.4, -0.2) is 34.4 Å². The van der Waals surface area contributed by atoms with Crippen LogP contribution in [0.1, 0.15) is 22.9 Å². The van der Waals surface area contributed by atoms with Crippen molar-refractivity contribution in [3.63, 3.8) is 0 Å². The van der Waals surface area contributed by atoms with Gasteiger partial charge in [0.25, 0.3) is 0 Å². The van der Waals surface area contributed by atoms with Gasteiger partial charge in [-0.25, -0.2) is 0 Å². The van der Waals surface area contributed by atoms with Crippen LogP contribution in [0.5, 0.6) is 0 Å². The van der Waals surface area contributed by atoms with E-state index in [9.17, 15) is 0 Å². The quantitative estimate of drug-likeness (QED) is 0.871. The van der Waals surface area contributed by atoms with Crippen LogP contribution in [-0.2, 0) is 23.9 Å². The maximum atomic E-state index is 8.90. The molecule has 0 aromatic carbocycles. The molecule has 21 heavy (non-hydrogen) atoms. The zero-order chi connectivity index (χ0) is 14.9. The molecular formula is C15H18N4OS. The zero-order valence-electron chi connectivity index (χ0n) is 12.2. The highest BCUT2D eigenvalue weighted by Gasteiger charge is 2.34. The van der Waals surface area contributed by atoms with Crippen LogP contribution in [0.15, 0.2) is 23.8 Å². The molecule has 110 valence electrons. The van der Waals surface area contributed by atoms with Gasteiger partial charge in [-0.05, 0) is 13.0 Å². The number of nitrogens with zero attached hydrogens (tertiary/aromatic N) is 4. The molecule has 1 aliphatic heterocycles. The first-order valence-corrected chi connectivity index (χ1v) is 7.80. The molecule has 1 aliphatic rings. The summed E-state index contributed by atoms with van der Waals surface area (Å²) < 4.78 is 7.82. The van der Waals surface area contributed by atoms with E-state index in [0.29, 0.717) is 6.61 Å². The van der Waals surface area contributed by atoms with E-state index in [-0.39, 0.29) is 5.60 Å². The lowest BCUT2D eigenvalue weighted by atomic mass is 9.97. The lowest BCUT2D eigenvalue weighted by molar-refractivity contribution is -0.105. The zero-order valence-corrected chi connectivity index (χ0v) is 13.1. The number of rotatable bonds is 3. The number of ether oxygens (including phenoxy) is 1. The molecule has 1 unspecified atom stereocenters. The Morgan fingerprint density at radius 1 is 1.57 bits per heavy atom. The van der Waals surface area contributed by atoms with Gasteiger partial charge in [0.2, 0.25) is 0 Å². The Balaban J connectivity index is 1.72. The predicted molar refractivity (Wildman–Crippen MR) is 80.8 cm³/mol. The van der Waals surface area contributed by atoms with Crippen LogP contribution in [0.2, 0.25) is 0 Å². The van der Waals surface area contributed by atoms with Crippen molar-refractivity contribution in [2.75, 3.05) is 19.7 Å². The van der Waals surface area contributed by atoms with Crippen LogP contribution in [0.3, 0.4) is 0 Å². The fraction of sp³-hybridized carbons (Fsp3) is 0.467. The highest BCUT2D eigenvalue weighted by Crippen LogP contribution is 2.30. The van der Waals surface area contributed by atoms with Gasteiger partial charge in [-0.2, -0.15) is 10.4 Å². The van der Waals surface area contributed by atoms with Crippen LogP contribution < -0.4 is 0 Å². The molecule has 2 aromatic heterocycles. The minimum Gasteiger partial charge on any atom is -0.368 e. The molecule has 0 aliphatic carbocycles. The van der Waals surface area contributed by atoms with Crippen molar-refractivity contribution in [3.8, 4) is 6.07 Å². The molecule has 1 fully saturated rings. The summed E-state index contributed by atoms with van der Waals surface area (Å²) in [5, 5.41) is 15.1. The van der Waals surface area contributed by atoms with Gasteiger partial charge in [0.15, 0.2) is 0 Å². The molecule has 6 heteroatoms. The van der Waals surface area contributed by atoms with Gasteiger partial charge in [0.1, 0.15) is 11.7 Å². The summed E-state index contributed by atoms with van der Waals surface area (Å²) in [6, 6.07) is 4.16. The van der Waals surface area contributed by atoms with E-state index in [1.54, 1.807) is 16.0 Å². The summed E-state index contributed by atoms with van der Waals surface area (Å²) in [6.07, 6.45) is 3.89. The van der Waals surface area contributed by atoms with E-state index >= 15 is 0 Å². The van der Waals surface area contributed by atoms with Gasteiger partial charge in [0.05, 0.1) is 18.4 Å². The third kappa shape index (κ3) is 3.00. The number of morpholine rings is 1. The first-order valence-electron chi connectivity index (χ1n) is 6.92. The van der Waals surface area contributed by atoms with E-state index < -0.39 is 0 Å². The Bertz CT molecular complexity index is 671. The molecule has 1 saturated heterocycles. The van der Waals surface area contributed by atoms with Crippen molar-refractivity contribution in [1.82, 2.24) is 14.7 Å². The normalized spacial score (nSPS) is 23.1. The highest BCUT2D eigenvalue weighted by molar-refractivity contribution is 7.10. The van der Waals surface area contributed by atoms with Crippen molar-refractivity contribution in [2.45, 2.75) is 19.1 Å². The monoisotopic (exact) mass is 302 g/mol. The fourth-order valence-corrected chi connectivity index (χ4v) is 3.55. The van der Waals surface area contributed by atoms with Crippen LogP contribution in [0, 0.1) is 11.3 Å². The molecule has 0 spiro atoms. The van der Waals surface area contributed by atoms with Crippen molar-refractivity contribution in [1.29, 1.82) is 5.26 Å². The Labute approximate surface area is 128 Å². The summed E-state index contributed by atoms with van der Waals surface area (Å²) in [5.74, 6) is 0. The van der Waals surface area contributed by atoms with Crippen molar-refractivity contribution in [3.05, 3.63) is 39.8 Å². The maximum Gasteiger partial charge on any atom is 0.106 e. The molecule has 0 bridgehead atoms. The standard InChI is InChI=1S/C15H18N4OS/c1-15(13-7-17-18(2)8-13)11-19(3-4-20-15)9-14-5-12(6-16)10-21-14/h5,7-8,10H,3-4,9,11H2,1-2H3. The molecule has 0 N–H and O–H groups in total. The summed E-state index contributed by atoms with van der Waals surface area (Å²) in [6.45, 7) is 5.44. The SMILES string of the molecule is Cn1cc(C2(C)CN(Cc3cc(C#N)cs3)CCO2)cn1. The summed E-state index contributed by atoms with van der Waals surface area (Å²) in [4.78, 5) is 3.60. The molecule has 2 aromatic rings. The van der Waals surface area contributed by atoms with E-state index in [1.165, 1.54) is 4.88 Å². The second-order valence-corrected chi connectivity index (χ2v) is 6.60. The molecule has 0 amide bonds. The minimum atomic E-state index is -0.318. The Hall–Kier alpha value is -1.68. The summed E-state index contributed by atoms with van der Waals surface area (Å²) >= 11 is 1.65. The fourth-order valence-electron chi connectivity index (χ4n) is 2.70. The van der Waals surface area contributed by atoms with Crippen LogP contribution in [0.25, 0.3) is 0 Å². The van der Waals surface area contributed by atoms with Gasteiger partial charge < -0.3 is 4.74 Å². The van der Waals surface area contributed by atoms with E-state index in [2.05, 4.69) is 23.0 Å². The third-order valence-corrected chi connectivity index (χ3v) is 4.75. The molecule has 0 saturated carbocycles. The van der Waals surface area contributed by atoms with Gasteiger partial charge in [-0.15, -0.1) is 11.3 Å². The average molecular weight is 302 g/mol. The topological polar surface area (TPSA) is 54.1 Å². The van der Waals surface area contributed by atoms with E-state index in [0.717, 1.165) is 30.8 Å². The second kappa shape index (κ2) is 5.60. The third-order valence-electron chi connectivity index (χ3n) is 3.83. The molecule has 1 atom stereocenters. The number of aryl methyl sites for hydroxylation is 1. The highest BCUT2D eigenvalue weighted by atomic mass is 32.1. The lowest BCUT2D eigenvalue weighted by Gasteiger charge is -2.40. The predicted octanol–water partition coefficient (Wildman–Crippen LogP) is 2.10. The van der Waals surface area contributed by atoms with E-state index in [1.807, 2.05) is 30.9 Å². The van der Waals surface area contributed by atoms with E-state index in [4.69, 9.17) is 10.00 Å². The second-order valence-electron chi connectivity index (χ2n) is 5.61. The number of nitriles is 1. The maximum absolute atomic E-state index is 8.90. The number of aromatic nitrogens is 2. The molecular weight excluding hydrogens is 284 g/mol. The first kappa shape index (κ1) is 14.3. The molecule has 3 heterocycles. The lowest BCUT2D eigenvalue weighted by Crippen LogP contribution is -2.47. The first-order chi connectivity index (χ1) is 10.1. The van der Waals surface area contributed by atoms with Gasteiger partial charge in [-0.3, -0.25) is 9.58 Å². The van der Waals surface area contributed by atoms with Crippen molar-refractivity contribution < 1.29 is 4.74 Å². The Morgan fingerprint density at radius 3 is 3.10 bits per heavy atom. The van der Waals surface area contributed by atoms with Crippen LogP contribution in [0.4, 0.5) is 0 Å². The van der Waals surface area contributed by atoms with Gasteiger partial charge in [0, 0.05) is 48.7 Å². The number of thiophene rings is 1.